The number of hydrogen-bond acceptors (Lipinski definition) is 4. The number of halogens is 1. The number of alkyl halides is 1. The largest absolute Gasteiger partial charge is 0.466 e. The topological polar surface area (TPSA) is 44.8 Å². The van der Waals surface area contributed by atoms with E-state index in [0.717, 1.165) is 12.8 Å². The lowest BCUT2D eigenvalue weighted by atomic mass is 10.1. The van der Waals surface area contributed by atoms with E-state index in [0.29, 0.717) is 23.7 Å². The monoisotopic (exact) mass is 340 g/mol. The third-order valence-electron chi connectivity index (χ3n) is 3.02. The van der Waals surface area contributed by atoms with Crippen LogP contribution in [0.1, 0.15) is 19.8 Å². The van der Waals surface area contributed by atoms with Gasteiger partial charge in [-0.3, -0.25) is 4.79 Å². The van der Waals surface area contributed by atoms with Crippen LogP contribution >= 0.6 is 22.6 Å². The molecule has 5 heteroatoms. The Morgan fingerprint density at radius 2 is 2.19 bits per heavy atom. The van der Waals surface area contributed by atoms with Crippen LogP contribution in [0.15, 0.2) is 0 Å². The average molecular weight is 340 g/mol. The Labute approximate surface area is 109 Å². The maximum Gasteiger partial charge on any atom is 0.309 e. The second kappa shape index (κ2) is 5.64. The van der Waals surface area contributed by atoms with E-state index >= 15 is 0 Å². The second-order valence-corrected chi connectivity index (χ2v) is 5.87. The summed E-state index contributed by atoms with van der Waals surface area (Å²) in [6.07, 6.45) is 2.09. The molecule has 1 aliphatic heterocycles. The summed E-state index contributed by atoms with van der Waals surface area (Å²) in [7, 11) is 0. The highest BCUT2D eigenvalue weighted by Gasteiger charge is 2.39. The summed E-state index contributed by atoms with van der Waals surface area (Å²) in [5.41, 5.74) is 0. The van der Waals surface area contributed by atoms with Crippen LogP contribution in [0.3, 0.4) is 0 Å². The van der Waals surface area contributed by atoms with Gasteiger partial charge < -0.3 is 14.2 Å². The lowest BCUT2D eigenvalue weighted by Gasteiger charge is -2.30. The lowest BCUT2D eigenvalue weighted by Crippen LogP contribution is -2.40. The minimum atomic E-state index is -0.0693. The molecule has 0 aromatic carbocycles. The zero-order chi connectivity index (χ0) is 11.5. The number of ether oxygens (including phenoxy) is 3. The van der Waals surface area contributed by atoms with Crippen molar-refractivity contribution in [1.29, 1.82) is 0 Å². The van der Waals surface area contributed by atoms with E-state index in [1.54, 1.807) is 0 Å². The van der Waals surface area contributed by atoms with E-state index in [1.807, 2.05) is 6.92 Å². The molecule has 1 saturated carbocycles. The maximum atomic E-state index is 11.6. The molecule has 92 valence electrons. The Morgan fingerprint density at radius 3 is 2.75 bits per heavy atom. The summed E-state index contributed by atoms with van der Waals surface area (Å²) in [6, 6.07) is 0. The minimum absolute atomic E-state index is 0.0212. The molecular weight excluding hydrogens is 323 g/mol. The summed E-state index contributed by atoms with van der Waals surface area (Å²) < 4.78 is 16.4. The number of carbonyl (C=O) groups is 1. The third kappa shape index (κ3) is 2.87. The van der Waals surface area contributed by atoms with Crippen molar-refractivity contribution in [2.45, 2.75) is 35.9 Å². The highest BCUT2D eigenvalue weighted by atomic mass is 127. The van der Waals surface area contributed by atoms with Crippen molar-refractivity contribution in [2.24, 2.45) is 5.92 Å². The van der Waals surface area contributed by atoms with E-state index < -0.39 is 0 Å². The van der Waals surface area contributed by atoms with Gasteiger partial charge in [0, 0.05) is 3.92 Å². The first-order chi connectivity index (χ1) is 7.70. The Bertz CT molecular complexity index is 254. The molecule has 1 saturated heterocycles. The summed E-state index contributed by atoms with van der Waals surface area (Å²) >= 11 is 2.37. The smallest absolute Gasteiger partial charge is 0.309 e. The van der Waals surface area contributed by atoms with Gasteiger partial charge in [0.1, 0.15) is 6.10 Å². The number of carbonyl (C=O) groups excluding carboxylic acids is 1. The number of hydrogen-bond donors (Lipinski definition) is 0. The van der Waals surface area contributed by atoms with Crippen LogP contribution in [0, 0.1) is 5.92 Å². The van der Waals surface area contributed by atoms with Gasteiger partial charge >= 0.3 is 5.97 Å². The average Bonchev–Trinajstić information content (AvgIpc) is 2.54. The first-order valence-corrected chi connectivity index (χ1v) is 6.99. The molecular formula is C11H17IO4. The molecule has 0 aromatic rings. The zero-order valence-corrected chi connectivity index (χ0v) is 11.5. The van der Waals surface area contributed by atoms with Gasteiger partial charge in [0.05, 0.1) is 31.8 Å². The maximum absolute atomic E-state index is 11.6. The molecule has 2 rings (SSSR count). The summed E-state index contributed by atoms with van der Waals surface area (Å²) in [5, 5.41) is 0. The molecule has 0 radical (unpaired) electrons. The van der Waals surface area contributed by atoms with Crippen molar-refractivity contribution < 1.29 is 19.0 Å². The molecule has 0 spiro atoms. The van der Waals surface area contributed by atoms with Crippen LogP contribution < -0.4 is 0 Å². The fourth-order valence-electron chi connectivity index (χ4n) is 2.08. The van der Waals surface area contributed by atoms with Crippen molar-refractivity contribution in [1.82, 2.24) is 0 Å². The summed E-state index contributed by atoms with van der Waals surface area (Å²) in [5.74, 6) is -0.0482. The molecule has 0 bridgehead atoms. The van der Waals surface area contributed by atoms with Crippen molar-refractivity contribution >= 4 is 28.6 Å². The Balaban J connectivity index is 1.80. The normalized spacial score (nSPS) is 34.8. The van der Waals surface area contributed by atoms with E-state index in [1.165, 1.54) is 0 Å². The number of esters is 1. The van der Waals surface area contributed by atoms with Gasteiger partial charge in [0.2, 0.25) is 0 Å². The molecule has 1 aliphatic carbocycles. The molecule has 2 fully saturated rings. The van der Waals surface area contributed by atoms with Crippen molar-refractivity contribution in [3.05, 3.63) is 0 Å². The van der Waals surface area contributed by atoms with Crippen LogP contribution in [-0.2, 0) is 19.0 Å². The molecule has 3 unspecified atom stereocenters. The highest BCUT2D eigenvalue weighted by Crippen LogP contribution is 2.35. The van der Waals surface area contributed by atoms with Gasteiger partial charge in [-0.05, 0) is 19.8 Å². The lowest BCUT2D eigenvalue weighted by molar-refractivity contribution is -0.156. The van der Waals surface area contributed by atoms with Crippen molar-refractivity contribution in [2.75, 3.05) is 19.8 Å². The van der Waals surface area contributed by atoms with Gasteiger partial charge in [0.25, 0.3) is 0 Å². The van der Waals surface area contributed by atoms with Gasteiger partial charge in [-0.2, -0.15) is 0 Å². The number of rotatable bonds is 4. The minimum Gasteiger partial charge on any atom is -0.466 e. The molecule has 0 amide bonds. The Hall–Kier alpha value is 0.120. The highest BCUT2D eigenvalue weighted by molar-refractivity contribution is 14.1. The molecule has 0 aromatic heterocycles. The summed E-state index contributed by atoms with van der Waals surface area (Å²) in [4.78, 5) is 11.6. The molecule has 0 N–H and O–H groups in total. The molecule has 2 aliphatic rings. The standard InChI is InChI=1S/C11H17IO4/c1-2-15-11(13)7-3-9(12)10(4-7)16-8-5-14-6-8/h7-10H,2-6H2,1H3. The predicted octanol–water partition coefficient (Wildman–Crippen LogP) is 1.55. The quantitative estimate of drug-likeness (QED) is 0.443. The predicted molar refractivity (Wildman–Crippen MR) is 66.6 cm³/mol. The summed E-state index contributed by atoms with van der Waals surface area (Å²) in [6.45, 7) is 3.70. The Morgan fingerprint density at radius 1 is 1.44 bits per heavy atom. The van der Waals surface area contributed by atoms with Gasteiger partial charge in [0.15, 0.2) is 0 Å². The second-order valence-electron chi connectivity index (χ2n) is 4.27. The fraction of sp³-hybridized carbons (Fsp3) is 0.909. The zero-order valence-electron chi connectivity index (χ0n) is 9.36. The SMILES string of the molecule is CCOC(=O)C1CC(I)C(OC2COC2)C1. The van der Waals surface area contributed by atoms with Crippen molar-refractivity contribution in [3.63, 3.8) is 0 Å². The van der Waals surface area contributed by atoms with Crippen LogP contribution in [0.25, 0.3) is 0 Å². The van der Waals surface area contributed by atoms with Crippen molar-refractivity contribution in [3.8, 4) is 0 Å². The van der Waals surface area contributed by atoms with Crippen LogP contribution in [0.2, 0.25) is 0 Å². The molecule has 4 nitrogen and oxygen atoms in total. The van der Waals surface area contributed by atoms with Gasteiger partial charge in [-0.15, -0.1) is 0 Å². The molecule has 3 atom stereocenters. The van der Waals surface area contributed by atoms with Crippen LogP contribution in [0.5, 0.6) is 0 Å². The van der Waals surface area contributed by atoms with E-state index in [-0.39, 0.29) is 24.1 Å². The van der Waals surface area contributed by atoms with E-state index in [9.17, 15) is 4.79 Å². The van der Waals surface area contributed by atoms with Crippen LogP contribution in [-0.4, -0.2) is 41.9 Å². The fourth-order valence-corrected chi connectivity index (χ4v) is 3.16. The van der Waals surface area contributed by atoms with E-state index in [2.05, 4.69) is 22.6 Å². The van der Waals surface area contributed by atoms with Gasteiger partial charge in [-0.1, -0.05) is 22.6 Å². The molecule has 16 heavy (non-hydrogen) atoms. The van der Waals surface area contributed by atoms with Gasteiger partial charge in [-0.25, -0.2) is 0 Å². The third-order valence-corrected chi connectivity index (χ3v) is 4.34. The van der Waals surface area contributed by atoms with Crippen LogP contribution in [0.4, 0.5) is 0 Å². The first kappa shape index (κ1) is 12.6. The van der Waals surface area contributed by atoms with E-state index in [4.69, 9.17) is 14.2 Å². The first-order valence-electron chi connectivity index (χ1n) is 5.74. The Kier molecular flexibility index (Phi) is 4.43. The molecule has 1 heterocycles.